The number of carboxylic acid groups (broad SMARTS) is 1. The second-order valence-corrected chi connectivity index (χ2v) is 6.10. The lowest BCUT2D eigenvalue weighted by Gasteiger charge is -2.31. The first-order valence-corrected chi connectivity index (χ1v) is 7.74. The Kier molecular flexibility index (Phi) is 5.48. The molecule has 3 heteroatoms. The van der Waals surface area contributed by atoms with Crippen LogP contribution in [0.3, 0.4) is 0 Å². The van der Waals surface area contributed by atoms with Crippen molar-refractivity contribution in [3.05, 3.63) is 0 Å². The summed E-state index contributed by atoms with van der Waals surface area (Å²) in [4.78, 5) is 10.9. The van der Waals surface area contributed by atoms with Crippen LogP contribution in [0.25, 0.3) is 0 Å². The maximum atomic E-state index is 10.9. The van der Waals surface area contributed by atoms with Crippen LogP contribution in [0.5, 0.6) is 0 Å². The normalized spacial score (nSPS) is 31.6. The van der Waals surface area contributed by atoms with Gasteiger partial charge < -0.3 is 10.4 Å². The number of carboxylic acids is 1. The fourth-order valence-electron chi connectivity index (χ4n) is 3.46. The van der Waals surface area contributed by atoms with Gasteiger partial charge in [0, 0.05) is 12.1 Å². The number of rotatable bonds is 3. The number of hydrogen-bond donors (Lipinski definition) is 2. The van der Waals surface area contributed by atoms with Gasteiger partial charge in [-0.15, -0.1) is 0 Å². The lowest BCUT2D eigenvalue weighted by Crippen LogP contribution is -2.41. The molecule has 0 bridgehead atoms. The van der Waals surface area contributed by atoms with Gasteiger partial charge in [0.15, 0.2) is 0 Å². The van der Waals surface area contributed by atoms with Gasteiger partial charge in [0.1, 0.15) is 0 Å². The van der Waals surface area contributed by atoms with Gasteiger partial charge in [0.05, 0.1) is 5.92 Å². The molecule has 0 radical (unpaired) electrons. The predicted molar refractivity (Wildman–Crippen MR) is 72.6 cm³/mol. The largest absolute Gasteiger partial charge is 0.481 e. The summed E-state index contributed by atoms with van der Waals surface area (Å²) < 4.78 is 0. The minimum atomic E-state index is -0.598. The van der Waals surface area contributed by atoms with Crippen molar-refractivity contribution < 1.29 is 9.90 Å². The SMILES string of the molecule is O=C(O)C1CCC(NC2CCCCCCC2)CC1. The molecule has 0 unspecified atom stereocenters. The highest BCUT2D eigenvalue weighted by atomic mass is 16.4. The van der Waals surface area contributed by atoms with Crippen LogP contribution in [-0.4, -0.2) is 23.2 Å². The van der Waals surface area contributed by atoms with E-state index < -0.39 is 5.97 Å². The van der Waals surface area contributed by atoms with Crippen molar-refractivity contribution in [3.63, 3.8) is 0 Å². The number of aliphatic carboxylic acids is 1. The van der Waals surface area contributed by atoms with E-state index in [1.807, 2.05) is 0 Å². The first kappa shape index (κ1) is 13.9. The highest BCUT2D eigenvalue weighted by Crippen LogP contribution is 2.26. The monoisotopic (exact) mass is 253 g/mol. The topological polar surface area (TPSA) is 49.3 Å². The molecule has 0 aromatic carbocycles. The molecular formula is C15H27NO2. The van der Waals surface area contributed by atoms with E-state index in [9.17, 15) is 4.79 Å². The van der Waals surface area contributed by atoms with Gasteiger partial charge in [-0.25, -0.2) is 0 Å². The van der Waals surface area contributed by atoms with E-state index in [0.29, 0.717) is 12.1 Å². The van der Waals surface area contributed by atoms with E-state index in [2.05, 4.69) is 5.32 Å². The molecule has 0 amide bonds. The highest BCUT2D eigenvalue weighted by Gasteiger charge is 2.27. The van der Waals surface area contributed by atoms with E-state index in [1.165, 1.54) is 44.9 Å². The van der Waals surface area contributed by atoms with Crippen LogP contribution in [0, 0.1) is 5.92 Å². The van der Waals surface area contributed by atoms with Gasteiger partial charge >= 0.3 is 5.97 Å². The quantitative estimate of drug-likeness (QED) is 0.811. The molecule has 2 aliphatic carbocycles. The Morgan fingerprint density at radius 2 is 1.28 bits per heavy atom. The van der Waals surface area contributed by atoms with Crippen LogP contribution >= 0.6 is 0 Å². The Morgan fingerprint density at radius 1 is 0.778 bits per heavy atom. The molecule has 3 nitrogen and oxygen atoms in total. The lowest BCUT2D eigenvalue weighted by molar-refractivity contribution is -0.142. The molecule has 0 heterocycles. The van der Waals surface area contributed by atoms with Crippen molar-refractivity contribution in [1.29, 1.82) is 0 Å². The van der Waals surface area contributed by atoms with Crippen LogP contribution in [0.4, 0.5) is 0 Å². The fourth-order valence-corrected chi connectivity index (χ4v) is 3.46. The Bertz CT molecular complexity index is 251. The minimum Gasteiger partial charge on any atom is -0.481 e. The lowest BCUT2D eigenvalue weighted by atomic mass is 9.85. The summed E-state index contributed by atoms with van der Waals surface area (Å²) in [7, 11) is 0. The van der Waals surface area contributed by atoms with Gasteiger partial charge in [0.25, 0.3) is 0 Å². The average molecular weight is 253 g/mol. The van der Waals surface area contributed by atoms with Crippen LogP contribution in [0.15, 0.2) is 0 Å². The molecule has 2 saturated carbocycles. The third kappa shape index (κ3) is 4.27. The molecule has 0 aliphatic heterocycles. The first-order valence-electron chi connectivity index (χ1n) is 7.74. The number of nitrogens with one attached hydrogen (secondary N) is 1. The summed E-state index contributed by atoms with van der Waals surface area (Å²) in [5, 5.41) is 12.8. The molecular weight excluding hydrogens is 226 g/mol. The third-order valence-electron chi connectivity index (χ3n) is 4.65. The molecule has 0 saturated heterocycles. The Morgan fingerprint density at radius 3 is 1.83 bits per heavy atom. The van der Waals surface area contributed by atoms with Crippen molar-refractivity contribution in [2.75, 3.05) is 0 Å². The van der Waals surface area contributed by atoms with Crippen LogP contribution in [0.1, 0.15) is 70.6 Å². The second-order valence-electron chi connectivity index (χ2n) is 6.10. The van der Waals surface area contributed by atoms with Crippen molar-refractivity contribution in [2.45, 2.75) is 82.7 Å². The summed E-state index contributed by atoms with van der Waals surface area (Å²) in [6.45, 7) is 0. The van der Waals surface area contributed by atoms with E-state index in [1.54, 1.807) is 0 Å². The third-order valence-corrected chi connectivity index (χ3v) is 4.65. The maximum Gasteiger partial charge on any atom is 0.306 e. The van der Waals surface area contributed by atoms with E-state index in [-0.39, 0.29) is 5.92 Å². The summed E-state index contributed by atoms with van der Waals surface area (Å²) >= 11 is 0. The zero-order chi connectivity index (χ0) is 12.8. The van der Waals surface area contributed by atoms with E-state index >= 15 is 0 Å². The van der Waals surface area contributed by atoms with E-state index in [0.717, 1.165) is 25.7 Å². The summed E-state index contributed by atoms with van der Waals surface area (Å²) in [6.07, 6.45) is 13.4. The van der Waals surface area contributed by atoms with Gasteiger partial charge in [-0.3, -0.25) is 4.79 Å². The van der Waals surface area contributed by atoms with Crippen LogP contribution in [0.2, 0.25) is 0 Å². The molecule has 2 N–H and O–H groups in total. The van der Waals surface area contributed by atoms with Crippen molar-refractivity contribution >= 4 is 5.97 Å². The summed E-state index contributed by atoms with van der Waals surface area (Å²) in [6, 6.07) is 1.27. The smallest absolute Gasteiger partial charge is 0.306 e. The molecule has 0 aromatic heterocycles. The molecule has 0 aromatic rings. The Labute approximate surface area is 110 Å². The average Bonchev–Trinajstić information content (AvgIpc) is 2.33. The van der Waals surface area contributed by atoms with Crippen LogP contribution < -0.4 is 5.32 Å². The molecule has 18 heavy (non-hydrogen) atoms. The van der Waals surface area contributed by atoms with Gasteiger partial charge in [0.2, 0.25) is 0 Å². The molecule has 0 spiro atoms. The molecule has 2 rings (SSSR count). The summed E-state index contributed by atoms with van der Waals surface area (Å²) in [5.41, 5.74) is 0. The van der Waals surface area contributed by atoms with Crippen molar-refractivity contribution in [1.82, 2.24) is 5.32 Å². The zero-order valence-electron chi connectivity index (χ0n) is 11.4. The molecule has 104 valence electrons. The van der Waals surface area contributed by atoms with Gasteiger partial charge in [-0.2, -0.15) is 0 Å². The Hall–Kier alpha value is -0.570. The van der Waals surface area contributed by atoms with Crippen LogP contribution in [-0.2, 0) is 4.79 Å². The van der Waals surface area contributed by atoms with E-state index in [4.69, 9.17) is 5.11 Å². The summed E-state index contributed by atoms with van der Waals surface area (Å²) in [5.74, 6) is -0.681. The predicted octanol–water partition coefficient (Wildman–Crippen LogP) is 3.33. The Balaban J connectivity index is 1.71. The first-order chi connectivity index (χ1) is 8.75. The highest BCUT2D eigenvalue weighted by molar-refractivity contribution is 5.70. The maximum absolute atomic E-state index is 10.9. The zero-order valence-corrected chi connectivity index (χ0v) is 11.4. The fraction of sp³-hybridized carbons (Fsp3) is 0.933. The molecule has 2 fully saturated rings. The second kappa shape index (κ2) is 7.13. The van der Waals surface area contributed by atoms with Gasteiger partial charge in [-0.1, -0.05) is 32.1 Å². The molecule has 0 atom stereocenters. The molecule has 2 aliphatic rings. The number of carbonyl (C=O) groups is 1. The van der Waals surface area contributed by atoms with Crippen molar-refractivity contribution in [2.24, 2.45) is 5.92 Å². The number of hydrogen-bond acceptors (Lipinski definition) is 2. The van der Waals surface area contributed by atoms with Crippen molar-refractivity contribution in [3.8, 4) is 0 Å². The standard InChI is InChI=1S/C15H27NO2/c17-15(18)12-8-10-14(11-9-12)16-13-6-4-2-1-3-5-7-13/h12-14,16H,1-11H2,(H,17,18). The van der Waals surface area contributed by atoms with Gasteiger partial charge in [-0.05, 0) is 38.5 Å². The minimum absolute atomic E-state index is 0.0830.